The predicted molar refractivity (Wildman–Crippen MR) is 136 cm³/mol. The number of rotatable bonds is 8. The van der Waals surface area contributed by atoms with Gasteiger partial charge >= 0.3 is 12.1 Å². The average Bonchev–Trinajstić information content (AvgIpc) is 3.18. The lowest BCUT2D eigenvalue weighted by atomic mass is 9.98. The molecular formula is C26H31N3O5S. The number of nitrogens with zero attached hydrogens (tertiary/aromatic N) is 2. The zero-order chi connectivity index (χ0) is 24.9. The molecule has 1 fully saturated rings. The Bertz CT molecular complexity index is 1050. The van der Waals surface area contributed by atoms with Crippen LogP contribution in [-0.2, 0) is 14.3 Å². The number of carbonyl (C=O) groups excluding carboxylic acids is 2. The van der Waals surface area contributed by atoms with Crippen molar-refractivity contribution in [3.63, 3.8) is 0 Å². The highest BCUT2D eigenvalue weighted by Crippen LogP contribution is 2.44. The molecule has 1 saturated heterocycles. The van der Waals surface area contributed by atoms with Crippen LogP contribution in [0.3, 0.4) is 0 Å². The molecule has 0 radical (unpaired) electrons. The Morgan fingerprint density at radius 1 is 1.11 bits per heavy atom. The highest BCUT2D eigenvalue weighted by atomic mass is 32.2. The molecule has 186 valence electrons. The molecule has 4 rings (SSSR count). The van der Waals surface area contributed by atoms with Crippen molar-refractivity contribution in [1.82, 2.24) is 15.1 Å². The van der Waals surface area contributed by atoms with Gasteiger partial charge in [0, 0.05) is 24.8 Å². The molecule has 1 aliphatic heterocycles. The van der Waals surface area contributed by atoms with Crippen molar-refractivity contribution in [3.8, 4) is 11.1 Å². The average molecular weight is 498 g/mol. The molecular weight excluding hydrogens is 466 g/mol. The van der Waals surface area contributed by atoms with Gasteiger partial charge in [-0.1, -0.05) is 48.5 Å². The second kappa shape index (κ2) is 11.1. The SMILES string of the molecule is CN(C)CCC(NC(=O)OCC1c2ccccc2-c2ccccc21)C(=O)N1CCSC(C(=O)O)C1. The minimum Gasteiger partial charge on any atom is -0.480 e. The van der Waals surface area contributed by atoms with E-state index in [1.807, 2.05) is 43.3 Å². The van der Waals surface area contributed by atoms with E-state index in [0.29, 0.717) is 25.3 Å². The molecule has 0 bridgehead atoms. The topological polar surface area (TPSA) is 99.2 Å². The molecule has 2 aromatic carbocycles. The zero-order valence-electron chi connectivity index (χ0n) is 20.0. The molecule has 9 heteroatoms. The molecule has 2 unspecified atom stereocenters. The maximum absolute atomic E-state index is 13.2. The van der Waals surface area contributed by atoms with Crippen LogP contribution in [0, 0.1) is 0 Å². The van der Waals surface area contributed by atoms with Gasteiger partial charge in [0.1, 0.15) is 17.9 Å². The van der Waals surface area contributed by atoms with Gasteiger partial charge in [0.2, 0.25) is 5.91 Å². The van der Waals surface area contributed by atoms with Gasteiger partial charge in [0.25, 0.3) is 0 Å². The molecule has 1 heterocycles. The number of thioether (sulfide) groups is 1. The van der Waals surface area contributed by atoms with Crippen LogP contribution in [0.25, 0.3) is 11.1 Å². The molecule has 2 N–H and O–H groups in total. The summed E-state index contributed by atoms with van der Waals surface area (Å²) in [4.78, 5) is 41.0. The molecule has 8 nitrogen and oxygen atoms in total. The van der Waals surface area contributed by atoms with Crippen molar-refractivity contribution >= 4 is 29.7 Å². The number of benzene rings is 2. The highest BCUT2D eigenvalue weighted by molar-refractivity contribution is 8.00. The van der Waals surface area contributed by atoms with Crippen LogP contribution in [0.15, 0.2) is 48.5 Å². The van der Waals surface area contributed by atoms with E-state index in [0.717, 1.165) is 22.3 Å². The summed E-state index contributed by atoms with van der Waals surface area (Å²) in [5, 5.41) is 11.5. The molecule has 0 saturated carbocycles. The minimum atomic E-state index is -0.929. The van der Waals surface area contributed by atoms with Gasteiger partial charge in [-0.3, -0.25) is 9.59 Å². The monoisotopic (exact) mass is 497 g/mol. The lowest BCUT2D eigenvalue weighted by Gasteiger charge is -2.33. The first-order chi connectivity index (χ1) is 16.8. The van der Waals surface area contributed by atoms with E-state index in [1.165, 1.54) is 11.8 Å². The Hall–Kier alpha value is -3.04. The summed E-state index contributed by atoms with van der Waals surface area (Å²) in [6.45, 7) is 1.34. The van der Waals surface area contributed by atoms with Crippen molar-refractivity contribution in [2.75, 3.05) is 46.1 Å². The summed E-state index contributed by atoms with van der Waals surface area (Å²) in [6.07, 6.45) is -0.248. The van der Waals surface area contributed by atoms with Crippen LogP contribution >= 0.6 is 11.8 Å². The Morgan fingerprint density at radius 2 is 1.74 bits per heavy atom. The number of hydrogen-bond acceptors (Lipinski definition) is 6. The first kappa shape index (κ1) is 25.1. The molecule has 2 aliphatic rings. The van der Waals surface area contributed by atoms with Gasteiger partial charge in [-0.2, -0.15) is 0 Å². The predicted octanol–water partition coefficient (Wildman–Crippen LogP) is 2.87. The Morgan fingerprint density at radius 3 is 2.34 bits per heavy atom. The van der Waals surface area contributed by atoms with Crippen LogP contribution in [-0.4, -0.2) is 90.3 Å². The largest absolute Gasteiger partial charge is 0.480 e. The Labute approximate surface area is 209 Å². The van der Waals surface area contributed by atoms with Crippen molar-refractivity contribution < 1.29 is 24.2 Å². The molecule has 1 aliphatic carbocycles. The number of amides is 2. The van der Waals surface area contributed by atoms with Crippen LogP contribution in [0.5, 0.6) is 0 Å². The second-order valence-electron chi connectivity index (χ2n) is 9.10. The third kappa shape index (κ3) is 5.79. The van der Waals surface area contributed by atoms with Crippen LogP contribution in [0.1, 0.15) is 23.5 Å². The fraction of sp³-hybridized carbons (Fsp3) is 0.423. The smallest absolute Gasteiger partial charge is 0.407 e. The molecule has 0 aromatic heterocycles. The fourth-order valence-corrected chi connectivity index (χ4v) is 5.68. The van der Waals surface area contributed by atoms with Crippen LogP contribution in [0.4, 0.5) is 4.79 Å². The van der Waals surface area contributed by atoms with E-state index in [4.69, 9.17) is 4.74 Å². The number of fused-ring (bicyclic) bond motifs is 3. The maximum Gasteiger partial charge on any atom is 0.407 e. The quantitative estimate of drug-likeness (QED) is 0.579. The number of nitrogens with one attached hydrogen (secondary N) is 1. The molecule has 2 amide bonds. The van der Waals surface area contributed by atoms with E-state index in [-0.39, 0.29) is 25.0 Å². The van der Waals surface area contributed by atoms with E-state index < -0.39 is 23.4 Å². The second-order valence-corrected chi connectivity index (χ2v) is 10.4. The maximum atomic E-state index is 13.2. The van der Waals surface area contributed by atoms with Gasteiger partial charge < -0.3 is 25.0 Å². The van der Waals surface area contributed by atoms with Crippen LogP contribution in [0.2, 0.25) is 0 Å². The van der Waals surface area contributed by atoms with Crippen molar-refractivity contribution in [3.05, 3.63) is 59.7 Å². The lowest BCUT2D eigenvalue weighted by Crippen LogP contribution is -2.53. The summed E-state index contributed by atoms with van der Waals surface area (Å²) in [5.74, 6) is -0.720. The summed E-state index contributed by atoms with van der Waals surface area (Å²) in [6, 6.07) is 15.4. The normalized spacial score (nSPS) is 18.0. The summed E-state index contributed by atoms with van der Waals surface area (Å²) in [5.41, 5.74) is 4.53. The summed E-state index contributed by atoms with van der Waals surface area (Å²) in [7, 11) is 3.79. The Kier molecular flexibility index (Phi) is 7.97. The van der Waals surface area contributed by atoms with E-state index in [9.17, 15) is 19.5 Å². The number of alkyl carbamates (subject to hydrolysis) is 1. The van der Waals surface area contributed by atoms with Gasteiger partial charge in [-0.25, -0.2) is 4.79 Å². The number of carboxylic acid groups (broad SMARTS) is 1. The van der Waals surface area contributed by atoms with Gasteiger partial charge in [0.05, 0.1) is 0 Å². The summed E-state index contributed by atoms with van der Waals surface area (Å²) < 4.78 is 5.64. The Balaban J connectivity index is 1.42. The van der Waals surface area contributed by atoms with Crippen molar-refractivity contribution in [1.29, 1.82) is 0 Å². The molecule has 2 aromatic rings. The van der Waals surface area contributed by atoms with Gasteiger partial charge in [0.15, 0.2) is 0 Å². The van der Waals surface area contributed by atoms with E-state index >= 15 is 0 Å². The summed E-state index contributed by atoms with van der Waals surface area (Å²) >= 11 is 1.33. The van der Waals surface area contributed by atoms with E-state index in [2.05, 4.69) is 29.6 Å². The third-order valence-corrected chi connectivity index (χ3v) is 7.62. The molecule has 2 atom stereocenters. The molecule has 0 spiro atoms. The minimum absolute atomic E-state index is 0.0699. The van der Waals surface area contributed by atoms with Crippen molar-refractivity contribution in [2.45, 2.75) is 23.6 Å². The number of aliphatic carboxylic acids is 1. The molecule has 35 heavy (non-hydrogen) atoms. The standard InChI is InChI=1S/C26H31N3O5S/c1-28(2)12-11-22(24(30)29-13-14-35-23(15-29)25(31)32)27-26(33)34-16-21-19-9-5-3-7-17(19)18-8-4-6-10-20(18)21/h3-10,21-23H,11-16H2,1-2H3,(H,27,33)(H,31,32). The van der Waals surface area contributed by atoms with E-state index in [1.54, 1.807) is 4.90 Å². The number of hydrogen-bond donors (Lipinski definition) is 2. The third-order valence-electron chi connectivity index (χ3n) is 6.45. The first-order valence-electron chi connectivity index (χ1n) is 11.7. The van der Waals surface area contributed by atoms with Gasteiger partial charge in [-0.15, -0.1) is 11.8 Å². The van der Waals surface area contributed by atoms with Gasteiger partial charge in [-0.05, 0) is 49.3 Å². The first-order valence-corrected chi connectivity index (χ1v) is 12.8. The fourth-order valence-electron chi connectivity index (χ4n) is 4.65. The number of carbonyl (C=O) groups is 3. The van der Waals surface area contributed by atoms with Crippen molar-refractivity contribution in [2.24, 2.45) is 0 Å². The lowest BCUT2D eigenvalue weighted by molar-refractivity contribution is -0.138. The highest BCUT2D eigenvalue weighted by Gasteiger charge is 2.34. The zero-order valence-corrected chi connectivity index (χ0v) is 20.8. The number of carboxylic acids is 1. The van der Waals surface area contributed by atoms with Crippen LogP contribution < -0.4 is 5.32 Å². The number of ether oxygens (including phenoxy) is 1.